The van der Waals surface area contributed by atoms with Gasteiger partial charge in [-0.3, -0.25) is 4.79 Å². The van der Waals surface area contributed by atoms with Gasteiger partial charge in [-0.1, -0.05) is 23.3 Å². The van der Waals surface area contributed by atoms with Crippen LogP contribution < -0.4 is 5.32 Å². The van der Waals surface area contributed by atoms with Crippen molar-refractivity contribution in [2.24, 2.45) is 0 Å². The van der Waals surface area contributed by atoms with E-state index in [2.05, 4.69) is 11.4 Å². The summed E-state index contributed by atoms with van der Waals surface area (Å²) in [5, 5.41) is 2.48. The Morgan fingerprint density at radius 2 is 2.14 bits per heavy atom. The van der Waals surface area contributed by atoms with Crippen LogP contribution in [0, 0.1) is 0 Å². The van der Waals surface area contributed by atoms with Crippen LogP contribution in [0.5, 0.6) is 0 Å². The van der Waals surface area contributed by atoms with Gasteiger partial charge in [0, 0.05) is 6.04 Å². The summed E-state index contributed by atoms with van der Waals surface area (Å²) in [7, 11) is 0. The zero-order valence-electron chi connectivity index (χ0n) is 8.81. The molecular weight excluding hydrogens is 205 g/mol. The molecule has 0 bridgehead atoms. The third-order valence-electron chi connectivity index (χ3n) is 1.74. The number of rotatable bonds is 5. The number of alkyl halides is 2. The molecule has 1 N–H and O–H groups in total. The van der Waals surface area contributed by atoms with Crippen LogP contribution in [-0.2, 0) is 4.79 Å². The summed E-state index contributed by atoms with van der Waals surface area (Å²) >= 11 is 4.97. The molecule has 2 unspecified atom stereocenters. The molecule has 0 saturated carbocycles. The molecule has 0 aliphatic heterocycles. The van der Waals surface area contributed by atoms with E-state index in [0.717, 1.165) is 12.8 Å². The third-order valence-corrected chi connectivity index (χ3v) is 1.94. The maximum Gasteiger partial charge on any atom is 0.270 e. The van der Waals surface area contributed by atoms with Gasteiger partial charge >= 0.3 is 0 Å². The second-order valence-electron chi connectivity index (χ2n) is 3.57. The highest BCUT2D eigenvalue weighted by Crippen LogP contribution is 2.03. The number of carbonyl (C=O) groups excluding carboxylic acids is 1. The highest BCUT2D eigenvalue weighted by Gasteiger charge is 2.14. The van der Waals surface area contributed by atoms with Crippen molar-refractivity contribution in [2.45, 2.75) is 45.3 Å². The van der Waals surface area contributed by atoms with Crippen LogP contribution in [0.4, 0.5) is 4.39 Å². The number of halogens is 2. The molecule has 2 nitrogen and oxygen atoms in total. The zero-order chi connectivity index (χ0) is 11.1. The largest absolute Gasteiger partial charge is 0.350 e. The van der Waals surface area contributed by atoms with E-state index in [4.69, 9.17) is 11.6 Å². The highest BCUT2D eigenvalue weighted by molar-refractivity contribution is 6.29. The van der Waals surface area contributed by atoms with Crippen molar-refractivity contribution in [3.63, 3.8) is 0 Å². The summed E-state index contributed by atoms with van der Waals surface area (Å²) in [6.07, 6.45) is 3.75. The van der Waals surface area contributed by atoms with Gasteiger partial charge < -0.3 is 5.32 Å². The number of carbonyl (C=O) groups is 1. The number of hydrogen-bond acceptors (Lipinski definition) is 1. The normalized spacial score (nSPS) is 14.4. The van der Waals surface area contributed by atoms with Crippen molar-refractivity contribution >= 4 is 17.5 Å². The molecule has 0 aromatic rings. The molecule has 0 radical (unpaired) electrons. The second-order valence-corrected chi connectivity index (χ2v) is 3.95. The van der Waals surface area contributed by atoms with Gasteiger partial charge in [-0.25, -0.2) is 4.39 Å². The maximum atomic E-state index is 12.2. The van der Waals surface area contributed by atoms with Crippen LogP contribution in [-0.4, -0.2) is 17.6 Å². The maximum absolute atomic E-state index is 12.2. The molecule has 14 heavy (non-hydrogen) atoms. The van der Waals surface area contributed by atoms with Gasteiger partial charge in [0.15, 0.2) is 0 Å². The van der Waals surface area contributed by atoms with E-state index in [9.17, 15) is 9.18 Å². The second kappa shape index (κ2) is 6.82. The number of amides is 1. The van der Waals surface area contributed by atoms with E-state index in [1.54, 1.807) is 0 Å². The molecule has 0 rings (SSSR count). The Labute approximate surface area is 89.5 Å². The van der Waals surface area contributed by atoms with E-state index in [-0.39, 0.29) is 6.04 Å². The van der Waals surface area contributed by atoms with Gasteiger partial charge in [0.2, 0.25) is 0 Å². The van der Waals surface area contributed by atoms with Gasteiger partial charge in [-0.05, 0) is 33.6 Å². The molecule has 0 saturated heterocycles. The third kappa shape index (κ3) is 6.89. The topological polar surface area (TPSA) is 29.1 Å². The summed E-state index contributed by atoms with van der Waals surface area (Å²) in [5.74, 6) is -0.753. The first kappa shape index (κ1) is 13.4. The summed E-state index contributed by atoms with van der Waals surface area (Å²) in [5.41, 5.74) is -0.704. The monoisotopic (exact) mass is 221 g/mol. The lowest BCUT2D eigenvalue weighted by atomic mass is 10.1. The summed E-state index contributed by atoms with van der Waals surface area (Å²) in [6.45, 7) is 5.86. The fraction of sp³-hybridized carbons (Fsp3) is 0.700. The first-order valence-corrected chi connectivity index (χ1v) is 5.09. The molecular formula is C10H17ClFNO. The molecule has 0 heterocycles. The van der Waals surface area contributed by atoms with E-state index >= 15 is 0 Å². The minimum absolute atomic E-state index is 0.0462. The first-order valence-electron chi connectivity index (χ1n) is 4.65. The molecule has 2 atom stereocenters. The Balaban J connectivity index is 3.71. The Morgan fingerprint density at radius 1 is 1.57 bits per heavy atom. The first-order chi connectivity index (χ1) is 6.43. The molecule has 0 spiro atoms. The Hall–Kier alpha value is -0.570. The van der Waals surface area contributed by atoms with Gasteiger partial charge in [-0.2, -0.15) is 0 Å². The SMILES string of the molecule is CC(C)=CCCC(C)NC(=O)C(F)Cl. The van der Waals surface area contributed by atoms with E-state index in [0.29, 0.717) is 0 Å². The van der Waals surface area contributed by atoms with Crippen LogP contribution in [0.3, 0.4) is 0 Å². The van der Waals surface area contributed by atoms with E-state index in [1.165, 1.54) is 5.57 Å². The summed E-state index contributed by atoms with van der Waals surface area (Å²) in [6, 6.07) is -0.0462. The lowest BCUT2D eigenvalue weighted by Gasteiger charge is -2.12. The fourth-order valence-electron chi connectivity index (χ4n) is 1.00. The molecule has 0 aliphatic rings. The van der Waals surface area contributed by atoms with Crippen molar-refractivity contribution < 1.29 is 9.18 Å². The van der Waals surface area contributed by atoms with Crippen molar-refractivity contribution in [2.75, 3.05) is 0 Å². The van der Waals surface area contributed by atoms with Crippen LogP contribution in [0.1, 0.15) is 33.6 Å². The number of allylic oxidation sites excluding steroid dienone is 2. The molecule has 0 fully saturated rings. The lowest BCUT2D eigenvalue weighted by molar-refractivity contribution is -0.123. The standard InChI is InChI=1S/C10H17ClFNO/c1-7(2)5-4-6-8(3)13-10(14)9(11)12/h5,8-9H,4,6H2,1-3H3,(H,13,14). The Morgan fingerprint density at radius 3 is 2.57 bits per heavy atom. The van der Waals surface area contributed by atoms with E-state index in [1.807, 2.05) is 20.8 Å². The van der Waals surface area contributed by atoms with Crippen molar-refractivity contribution in [1.29, 1.82) is 0 Å². The van der Waals surface area contributed by atoms with Crippen molar-refractivity contribution in [3.8, 4) is 0 Å². The number of nitrogens with one attached hydrogen (secondary N) is 1. The zero-order valence-corrected chi connectivity index (χ0v) is 9.57. The molecule has 0 aromatic carbocycles. The minimum Gasteiger partial charge on any atom is -0.350 e. The summed E-state index contributed by atoms with van der Waals surface area (Å²) in [4.78, 5) is 10.8. The molecule has 4 heteroatoms. The van der Waals surface area contributed by atoms with Crippen LogP contribution in [0.15, 0.2) is 11.6 Å². The van der Waals surface area contributed by atoms with Crippen LogP contribution >= 0.6 is 11.6 Å². The van der Waals surface area contributed by atoms with Crippen LogP contribution in [0.25, 0.3) is 0 Å². The predicted molar refractivity (Wildman–Crippen MR) is 57.0 cm³/mol. The van der Waals surface area contributed by atoms with Gasteiger partial charge in [-0.15, -0.1) is 0 Å². The summed E-state index contributed by atoms with van der Waals surface area (Å²) < 4.78 is 12.2. The Kier molecular flexibility index (Phi) is 6.54. The van der Waals surface area contributed by atoms with E-state index < -0.39 is 11.5 Å². The fourth-order valence-corrected chi connectivity index (χ4v) is 1.06. The Bertz CT molecular complexity index is 212. The average Bonchev–Trinajstić information content (AvgIpc) is 2.02. The van der Waals surface area contributed by atoms with Gasteiger partial charge in [0.25, 0.3) is 11.5 Å². The minimum atomic E-state index is -1.94. The average molecular weight is 222 g/mol. The van der Waals surface area contributed by atoms with Crippen molar-refractivity contribution in [1.82, 2.24) is 5.32 Å². The smallest absolute Gasteiger partial charge is 0.270 e. The molecule has 0 aliphatic carbocycles. The molecule has 0 aromatic heterocycles. The van der Waals surface area contributed by atoms with Crippen molar-refractivity contribution in [3.05, 3.63) is 11.6 Å². The molecule has 1 amide bonds. The predicted octanol–water partition coefficient (Wildman–Crippen LogP) is 2.77. The lowest BCUT2D eigenvalue weighted by Crippen LogP contribution is -2.36. The van der Waals surface area contributed by atoms with Gasteiger partial charge in [0.05, 0.1) is 0 Å². The van der Waals surface area contributed by atoms with Crippen LogP contribution in [0.2, 0.25) is 0 Å². The van der Waals surface area contributed by atoms with Gasteiger partial charge in [0.1, 0.15) is 0 Å². The number of hydrogen-bond donors (Lipinski definition) is 1. The molecule has 82 valence electrons. The highest BCUT2D eigenvalue weighted by atomic mass is 35.5. The quantitative estimate of drug-likeness (QED) is 0.562.